The van der Waals surface area contributed by atoms with Crippen molar-refractivity contribution in [3.8, 4) is 0 Å². The molecule has 0 spiro atoms. The van der Waals surface area contributed by atoms with Gasteiger partial charge in [0.1, 0.15) is 0 Å². The summed E-state index contributed by atoms with van der Waals surface area (Å²) in [6, 6.07) is 0. The number of aromatic amines is 1. The van der Waals surface area contributed by atoms with Crippen molar-refractivity contribution in [2.45, 2.75) is 19.4 Å². The molecule has 0 bridgehead atoms. The van der Waals surface area contributed by atoms with Crippen molar-refractivity contribution < 1.29 is 14.5 Å². The smallest absolute Gasteiger partial charge is 0.350 e. The number of hydrogen-bond acceptors (Lipinski definition) is 6. The van der Waals surface area contributed by atoms with Gasteiger partial charge < -0.3 is 4.74 Å². The molecule has 9 heteroatoms. The van der Waals surface area contributed by atoms with Gasteiger partial charge in [-0.1, -0.05) is 0 Å². The number of H-pyrrole nitrogens is 1. The van der Waals surface area contributed by atoms with Crippen LogP contribution in [0.5, 0.6) is 0 Å². The summed E-state index contributed by atoms with van der Waals surface area (Å²) in [6.45, 7) is 0.0750. The highest BCUT2D eigenvalue weighted by Gasteiger charge is 2.14. The number of rotatable bonds is 5. The average molecular weight is 257 g/mol. The molecule has 0 amide bonds. The van der Waals surface area contributed by atoms with E-state index in [0.29, 0.717) is 0 Å². The van der Waals surface area contributed by atoms with Gasteiger partial charge in [-0.05, 0) is 6.42 Å². The number of aryl methyl sites for hydroxylation is 1. The van der Waals surface area contributed by atoms with Gasteiger partial charge >= 0.3 is 22.9 Å². The lowest BCUT2D eigenvalue weighted by Gasteiger charge is -2.03. The standard InChI is InChI=1S/C9H11N3O6/c1-18-7(13)3-2-4-11-5-6(12(16)17)8(14)10-9(11)15/h5H,2-4H2,1H3,(H,10,14,15). The van der Waals surface area contributed by atoms with Crippen LogP contribution in [0.4, 0.5) is 5.69 Å². The van der Waals surface area contributed by atoms with Crippen LogP contribution in [0.25, 0.3) is 0 Å². The lowest BCUT2D eigenvalue weighted by Crippen LogP contribution is -2.31. The van der Waals surface area contributed by atoms with E-state index in [1.54, 1.807) is 0 Å². The summed E-state index contributed by atoms with van der Waals surface area (Å²) in [5, 5.41) is 10.5. The Morgan fingerprint density at radius 1 is 1.56 bits per heavy atom. The molecular weight excluding hydrogens is 246 g/mol. The van der Waals surface area contributed by atoms with Gasteiger partial charge in [0.2, 0.25) is 0 Å². The Hall–Kier alpha value is -2.45. The zero-order valence-corrected chi connectivity index (χ0v) is 9.54. The van der Waals surface area contributed by atoms with Crippen molar-refractivity contribution in [3.63, 3.8) is 0 Å². The van der Waals surface area contributed by atoms with Crippen LogP contribution in [-0.2, 0) is 16.1 Å². The summed E-state index contributed by atoms with van der Waals surface area (Å²) in [4.78, 5) is 44.7. The zero-order chi connectivity index (χ0) is 13.7. The molecule has 0 saturated heterocycles. The van der Waals surface area contributed by atoms with Gasteiger partial charge in [-0.15, -0.1) is 0 Å². The predicted octanol–water partition coefficient (Wildman–Crippen LogP) is -0.602. The van der Waals surface area contributed by atoms with E-state index in [-0.39, 0.29) is 19.4 Å². The third-order valence-corrected chi connectivity index (χ3v) is 2.20. The molecule has 0 aliphatic heterocycles. The van der Waals surface area contributed by atoms with Gasteiger partial charge in [0, 0.05) is 13.0 Å². The number of carbonyl (C=O) groups excluding carboxylic acids is 1. The summed E-state index contributed by atoms with van der Waals surface area (Å²) < 4.78 is 5.38. The Bertz CT molecular complexity index is 572. The van der Waals surface area contributed by atoms with Gasteiger partial charge in [0.25, 0.3) is 0 Å². The molecule has 0 aliphatic rings. The van der Waals surface area contributed by atoms with E-state index in [9.17, 15) is 24.5 Å². The van der Waals surface area contributed by atoms with Gasteiger partial charge in [-0.3, -0.25) is 29.3 Å². The Kier molecular flexibility index (Phi) is 4.35. The first-order chi connectivity index (χ1) is 8.45. The van der Waals surface area contributed by atoms with Gasteiger partial charge in [0.05, 0.1) is 18.2 Å². The molecule has 1 rings (SSSR count). The first-order valence-electron chi connectivity index (χ1n) is 5.00. The third-order valence-electron chi connectivity index (χ3n) is 2.20. The molecule has 9 nitrogen and oxygen atoms in total. The molecule has 1 aromatic rings. The van der Waals surface area contributed by atoms with Crippen LogP contribution < -0.4 is 11.2 Å². The van der Waals surface area contributed by atoms with Crippen molar-refractivity contribution in [1.29, 1.82) is 0 Å². The molecule has 0 unspecified atom stereocenters. The van der Waals surface area contributed by atoms with Crippen LogP contribution in [0.15, 0.2) is 15.8 Å². The van der Waals surface area contributed by atoms with E-state index < -0.39 is 27.8 Å². The van der Waals surface area contributed by atoms with E-state index in [4.69, 9.17) is 0 Å². The molecule has 0 radical (unpaired) electrons. The minimum Gasteiger partial charge on any atom is -0.469 e. The van der Waals surface area contributed by atoms with E-state index >= 15 is 0 Å². The number of nitrogens with one attached hydrogen (secondary N) is 1. The SMILES string of the molecule is COC(=O)CCCn1cc([N+](=O)[O-])c(=O)[nH]c1=O. The lowest BCUT2D eigenvalue weighted by molar-refractivity contribution is -0.386. The number of hydrogen-bond donors (Lipinski definition) is 1. The molecule has 0 aromatic carbocycles. The molecule has 0 saturated carbocycles. The number of methoxy groups -OCH3 is 1. The van der Waals surface area contributed by atoms with E-state index in [2.05, 4.69) is 4.74 Å². The fraction of sp³-hybridized carbons (Fsp3) is 0.444. The predicted molar refractivity (Wildman–Crippen MR) is 59.2 cm³/mol. The Morgan fingerprint density at radius 2 is 2.22 bits per heavy atom. The average Bonchev–Trinajstić information content (AvgIpc) is 2.31. The highest BCUT2D eigenvalue weighted by Crippen LogP contribution is 2.01. The fourth-order valence-corrected chi connectivity index (χ4v) is 1.29. The topological polar surface area (TPSA) is 124 Å². The molecule has 0 atom stereocenters. The van der Waals surface area contributed by atoms with Crippen molar-refractivity contribution in [2.24, 2.45) is 0 Å². The molecule has 0 fully saturated rings. The molecule has 98 valence electrons. The number of carbonyl (C=O) groups is 1. The van der Waals surface area contributed by atoms with Gasteiger partial charge in [-0.2, -0.15) is 0 Å². The molecule has 0 aliphatic carbocycles. The van der Waals surface area contributed by atoms with Crippen LogP contribution in [0.3, 0.4) is 0 Å². The molecule has 1 heterocycles. The van der Waals surface area contributed by atoms with Crippen LogP contribution in [0.1, 0.15) is 12.8 Å². The lowest BCUT2D eigenvalue weighted by atomic mass is 10.3. The highest BCUT2D eigenvalue weighted by molar-refractivity contribution is 5.68. The van der Waals surface area contributed by atoms with Crippen molar-refractivity contribution >= 4 is 11.7 Å². The maximum Gasteiger partial charge on any atom is 0.350 e. The Labute approximate surface area is 100 Å². The summed E-state index contributed by atoms with van der Waals surface area (Å²) in [5.74, 6) is -0.443. The molecule has 1 aromatic heterocycles. The van der Waals surface area contributed by atoms with E-state index in [0.717, 1.165) is 10.8 Å². The second-order valence-electron chi connectivity index (χ2n) is 3.40. The van der Waals surface area contributed by atoms with E-state index in [1.165, 1.54) is 7.11 Å². The number of nitro groups is 1. The second-order valence-corrected chi connectivity index (χ2v) is 3.40. The highest BCUT2D eigenvalue weighted by atomic mass is 16.6. The molecular formula is C9H11N3O6. The molecule has 18 heavy (non-hydrogen) atoms. The Morgan fingerprint density at radius 3 is 2.78 bits per heavy atom. The largest absolute Gasteiger partial charge is 0.469 e. The number of ether oxygens (including phenoxy) is 1. The maximum atomic E-state index is 11.3. The number of esters is 1. The zero-order valence-electron chi connectivity index (χ0n) is 9.54. The first kappa shape index (κ1) is 13.6. The third kappa shape index (κ3) is 3.27. The maximum absolute atomic E-state index is 11.3. The normalized spacial score (nSPS) is 10.1. The summed E-state index contributed by atoms with van der Waals surface area (Å²) >= 11 is 0. The quantitative estimate of drug-likeness (QED) is 0.426. The van der Waals surface area contributed by atoms with E-state index in [1.807, 2.05) is 4.98 Å². The molecule has 1 N–H and O–H groups in total. The van der Waals surface area contributed by atoms with Gasteiger partial charge in [0.15, 0.2) is 0 Å². The number of aromatic nitrogens is 2. The minimum absolute atomic E-state index is 0.0750. The Balaban J connectivity index is 2.86. The number of nitrogens with zero attached hydrogens (tertiary/aromatic N) is 2. The monoisotopic (exact) mass is 257 g/mol. The second kappa shape index (κ2) is 5.75. The van der Waals surface area contributed by atoms with Crippen molar-refractivity contribution in [2.75, 3.05) is 7.11 Å². The van der Waals surface area contributed by atoms with Crippen LogP contribution in [0.2, 0.25) is 0 Å². The van der Waals surface area contributed by atoms with Crippen molar-refractivity contribution in [1.82, 2.24) is 9.55 Å². The summed E-state index contributed by atoms with van der Waals surface area (Å²) in [7, 11) is 1.24. The summed E-state index contributed by atoms with van der Waals surface area (Å²) in [5.41, 5.74) is -2.52. The van der Waals surface area contributed by atoms with Gasteiger partial charge in [-0.25, -0.2) is 4.79 Å². The van der Waals surface area contributed by atoms with Crippen LogP contribution >= 0.6 is 0 Å². The summed E-state index contributed by atoms with van der Waals surface area (Å²) in [6.07, 6.45) is 1.21. The minimum atomic E-state index is -1.05. The van der Waals surface area contributed by atoms with Crippen molar-refractivity contribution in [3.05, 3.63) is 37.1 Å². The first-order valence-corrected chi connectivity index (χ1v) is 5.00. The van der Waals surface area contributed by atoms with Crippen LogP contribution in [-0.4, -0.2) is 27.6 Å². The van der Waals surface area contributed by atoms with Crippen LogP contribution in [0, 0.1) is 10.1 Å². The fourth-order valence-electron chi connectivity index (χ4n) is 1.29.